The van der Waals surface area contributed by atoms with Gasteiger partial charge in [0.1, 0.15) is 0 Å². The van der Waals surface area contributed by atoms with E-state index in [1.807, 2.05) is 62.4 Å². The minimum atomic E-state index is -1.25. The Morgan fingerprint density at radius 2 is 1.85 bits per heavy atom. The van der Waals surface area contributed by atoms with Crippen molar-refractivity contribution in [3.8, 4) is 11.5 Å². The van der Waals surface area contributed by atoms with Gasteiger partial charge in [-0.3, -0.25) is 9.69 Å². The van der Waals surface area contributed by atoms with Crippen molar-refractivity contribution in [3.63, 3.8) is 0 Å². The first-order valence-electron chi connectivity index (χ1n) is 12.6. The molecular formula is C30H28BrN2O5S-. The second-order valence-electron chi connectivity index (χ2n) is 8.82. The van der Waals surface area contributed by atoms with Gasteiger partial charge in [-0.2, -0.15) is 0 Å². The number of amides is 1. The van der Waals surface area contributed by atoms with E-state index in [2.05, 4.69) is 22.9 Å². The molecule has 0 aliphatic carbocycles. The normalized spacial score (nSPS) is 16.1. The summed E-state index contributed by atoms with van der Waals surface area (Å²) < 4.78 is 12.7. The number of carboxylic acids is 1. The molecule has 0 bridgehead atoms. The lowest BCUT2D eigenvalue weighted by Gasteiger charge is -2.18. The maximum absolute atomic E-state index is 13.6. The van der Waals surface area contributed by atoms with Crippen molar-refractivity contribution in [2.45, 2.75) is 39.8 Å². The van der Waals surface area contributed by atoms with Gasteiger partial charge in [0.2, 0.25) is 0 Å². The molecule has 3 aromatic rings. The van der Waals surface area contributed by atoms with Gasteiger partial charge in [-0.15, -0.1) is 0 Å². The van der Waals surface area contributed by atoms with Gasteiger partial charge >= 0.3 is 0 Å². The number of rotatable bonds is 10. The lowest BCUT2D eigenvalue weighted by molar-refractivity contribution is -0.255. The van der Waals surface area contributed by atoms with Gasteiger partial charge in [-0.25, -0.2) is 4.99 Å². The lowest BCUT2D eigenvalue weighted by atomic mass is 10.1. The van der Waals surface area contributed by atoms with E-state index in [1.54, 1.807) is 17.0 Å². The molecule has 1 amide bonds. The average Bonchev–Trinajstić information content (AvgIpc) is 3.20. The van der Waals surface area contributed by atoms with E-state index in [9.17, 15) is 14.7 Å². The first-order chi connectivity index (χ1) is 18.8. The molecule has 9 heteroatoms. The Morgan fingerprint density at radius 3 is 2.49 bits per heavy atom. The Balaban J connectivity index is 1.69. The molecule has 1 saturated heterocycles. The van der Waals surface area contributed by atoms with Crippen LogP contribution in [0.25, 0.3) is 6.08 Å². The minimum Gasteiger partial charge on any atom is -0.545 e. The molecule has 1 heterocycles. The molecule has 1 atom stereocenters. The highest BCUT2D eigenvalue weighted by Gasteiger charge is 2.33. The highest BCUT2D eigenvalue weighted by atomic mass is 79.9. The Labute approximate surface area is 240 Å². The van der Waals surface area contributed by atoms with Crippen LogP contribution in [0.3, 0.4) is 0 Å². The van der Waals surface area contributed by atoms with Crippen molar-refractivity contribution in [2.75, 3.05) is 6.61 Å². The minimum absolute atomic E-state index is 0.0165. The first kappa shape index (κ1) is 28.4. The van der Waals surface area contributed by atoms with Gasteiger partial charge in [0.25, 0.3) is 5.91 Å². The zero-order valence-electron chi connectivity index (χ0n) is 21.8. The number of carbonyl (C=O) groups excluding carboxylic acids is 2. The number of ether oxygens (including phenoxy) is 2. The Morgan fingerprint density at radius 1 is 1.13 bits per heavy atom. The number of para-hydroxylation sites is 1. The van der Waals surface area contributed by atoms with E-state index >= 15 is 0 Å². The monoisotopic (exact) mass is 607 g/mol. The molecular weight excluding hydrogens is 580 g/mol. The molecule has 0 saturated carbocycles. The number of halogens is 1. The molecule has 0 aromatic heterocycles. The lowest BCUT2D eigenvalue weighted by Crippen LogP contribution is -2.28. The van der Waals surface area contributed by atoms with Crippen molar-refractivity contribution in [3.05, 3.63) is 92.8 Å². The zero-order valence-corrected chi connectivity index (χ0v) is 24.3. The first-order valence-corrected chi connectivity index (χ1v) is 14.2. The number of thioether (sulfide) groups is 1. The number of aromatic carboxylic acids is 1. The number of amidine groups is 1. The number of carbonyl (C=O) groups is 2. The molecule has 0 radical (unpaired) electrons. The zero-order chi connectivity index (χ0) is 27.9. The number of aliphatic imine (C=N–C) groups is 1. The maximum Gasteiger partial charge on any atom is 0.267 e. The van der Waals surface area contributed by atoms with E-state index in [1.165, 1.54) is 23.9 Å². The maximum atomic E-state index is 13.6. The van der Waals surface area contributed by atoms with Gasteiger partial charge in [-0.05, 0) is 95.0 Å². The van der Waals surface area contributed by atoms with E-state index < -0.39 is 5.97 Å². The summed E-state index contributed by atoms with van der Waals surface area (Å²) in [7, 11) is 0. The van der Waals surface area contributed by atoms with Crippen LogP contribution in [0, 0.1) is 0 Å². The number of hydrogen-bond donors (Lipinski definition) is 0. The summed E-state index contributed by atoms with van der Waals surface area (Å²) in [6.45, 7) is 6.66. The van der Waals surface area contributed by atoms with Gasteiger partial charge < -0.3 is 19.4 Å². The van der Waals surface area contributed by atoms with E-state index in [-0.39, 0.29) is 24.1 Å². The fourth-order valence-corrected chi connectivity index (χ4v) is 5.31. The summed E-state index contributed by atoms with van der Waals surface area (Å²) in [6, 6.07) is 19.5. The van der Waals surface area contributed by atoms with Crippen LogP contribution in [-0.4, -0.2) is 34.7 Å². The van der Waals surface area contributed by atoms with Crippen LogP contribution >= 0.6 is 27.7 Å². The highest BCUT2D eigenvalue weighted by Crippen LogP contribution is 2.40. The van der Waals surface area contributed by atoms with Crippen molar-refractivity contribution in [1.29, 1.82) is 0 Å². The van der Waals surface area contributed by atoms with Crippen LogP contribution in [0.5, 0.6) is 11.5 Å². The van der Waals surface area contributed by atoms with Crippen LogP contribution in [0.4, 0.5) is 5.69 Å². The van der Waals surface area contributed by atoms with Crippen molar-refractivity contribution < 1.29 is 24.2 Å². The van der Waals surface area contributed by atoms with Crippen molar-refractivity contribution >= 4 is 56.5 Å². The van der Waals surface area contributed by atoms with Gasteiger partial charge in [0.05, 0.1) is 40.3 Å². The van der Waals surface area contributed by atoms with E-state index in [0.717, 1.165) is 27.7 Å². The smallest absolute Gasteiger partial charge is 0.267 e. The molecule has 202 valence electrons. The Kier molecular flexibility index (Phi) is 9.48. The number of nitrogens with zero attached hydrogens (tertiary/aromatic N) is 2. The molecule has 39 heavy (non-hydrogen) atoms. The van der Waals surface area contributed by atoms with Crippen molar-refractivity contribution in [1.82, 2.24) is 4.90 Å². The van der Waals surface area contributed by atoms with Crippen LogP contribution in [0.15, 0.2) is 81.1 Å². The van der Waals surface area contributed by atoms with Gasteiger partial charge in [-0.1, -0.05) is 49.4 Å². The summed E-state index contributed by atoms with van der Waals surface area (Å²) in [5.74, 6) is -0.221. The van der Waals surface area contributed by atoms with Crippen molar-refractivity contribution in [2.24, 2.45) is 4.99 Å². The molecule has 3 aromatic carbocycles. The third-order valence-electron chi connectivity index (χ3n) is 5.92. The summed E-state index contributed by atoms with van der Waals surface area (Å²) in [6.07, 6.45) is 2.68. The summed E-state index contributed by atoms with van der Waals surface area (Å²) >= 11 is 4.90. The fourth-order valence-electron chi connectivity index (χ4n) is 3.76. The quantitative estimate of drug-likeness (QED) is 0.255. The van der Waals surface area contributed by atoms with Gasteiger partial charge in [0, 0.05) is 0 Å². The number of benzene rings is 3. The van der Waals surface area contributed by atoms with Crippen LogP contribution in [0.1, 0.15) is 48.7 Å². The molecule has 4 rings (SSSR count). The second kappa shape index (κ2) is 13.0. The average molecular weight is 609 g/mol. The summed E-state index contributed by atoms with van der Waals surface area (Å²) in [5, 5.41) is 11.7. The molecule has 0 N–H and O–H groups in total. The van der Waals surface area contributed by atoms with Crippen LogP contribution in [-0.2, 0) is 11.3 Å². The van der Waals surface area contributed by atoms with Crippen LogP contribution < -0.4 is 14.6 Å². The highest BCUT2D eigenvalue weighted by molar-refractivity contribution is 9.10. The third-order valence-corrected chi connectivity index (χ3v) is 7.52. The van der Waals surface area contributed by atoms with Gasteiger partial charge in [0.15, 0.2) is 16.7 Å². The third kappa shape index (κ3) is 7.10. The molecule has 0 spiro atoms. The molecule has 7 nitrogen and oxygen atoms in total. The summed E-state index contributed by atoms with van der Waals surface area (Å²) in [5.41, 5.74) is 2.34. The number of hydrogen-bond acceptors (Lipinski definition) is 7. The predicted octanol–water partition coefficient (Wildman–Crippen LogP) is 6.19. The number of carboxylic acid groups (broad SMARTS) is 1. The topological polar surface area (TPSA) is 91.3 Å². The standard InChI is InChI=1S/C30H29BrN2O5S/c1-4-19(3)38-27-24(31)15-21(16-25(27)37-5-2)17-26-28(34)33(18-20-11-13-22(14-12-20)29(35)36)30(39-26)32-23-9-7-6-8-10-23/h6-17,19H,4-5,18H2,1-3H3,(H,35,36)/p-1/b26-17-,32-30?/t19-/m0/s1. The molecule has 1 fully saturated rings. The van der Waals surface area contributed by atoms with Crippen LogP contribution in [0.2, 0.25) is 0 Å². The second-order valence-corrected chi connectivity index (χ2v) is 10.7. The van der Waals surface area contributed by atoms with E-state index in [4.69, 9.17) is 14.5 Å². The molecule has 0 unspecified atom stereocenters. The molecule has 1 aliphatic heterocycles. The molecule has 1 aliphatic rings. The Bertz CT molecular complexity index is 1410. The SMILES string of the molecule is CCOc1cc(/C=C2\SC(=Nc3ccccc3)N(Cc3ccc(C(=O)[O-])cc3)C2=O)cc(Br)c1O[C@@H](C)CC. The fraction of sp³-hybridized carbons (Fsp3) is 0.233. The van der Waals surface area contributed by atoms with E-state index in [0.29, 0.717) is 28.2 Å². The summed E-state index contributed by atoms with van der Waals surface area (Å²) in [4.78, 5) is 31.6. The predicted molar refractivity (Wildman–Crippen MR) is 156 cm³/mol. The largest absolute Gasteiger partial charge is 0.545 e. The Hall–Kier alpha value is -3.56.